The summed E-state index contributed by atoms with van der Waals surface area (Å²) >= 11 is 0. The van der Waals surface area contributed by atoms with Crippen molar-refractivity contribution in [3.05, 3.63) is 95.6 Å². The number of nitrogens with zero attached hydrogens (tertiary/aromatic N) is 3. The Morgan fingerprint density at radius 2 is 1.51 bits per heavy atom. The van der Waals surface area contributed by atoms with Crippen LogP contribution in [0.25, 0.3) is 11.1 Å². The van der Waals surface area contributed by atoms with Gasteiger partial charge in [-0.15, -0.1) is 0 Å². The summed E-state index contributed by atoms with van der Waals surface area (Å²) in [6, 6.07) is 24.9. The standard InChI is InChI=1S/C31H33N3O5/c1-31(2,26-15-13-24(14-16-26)23-9-11-25(12-10-23)28(35)38-3)34-20-27-19-32(17-18-33(27)29(34)36)30(37)39-21-22-7-5-4-6-8-22/h4-16,27H,17-21H2,1-3H3/t27-/m0/s1. The topological polar surface area (TPSA) is 79.4 Å². The molecule has 2 heterocycles. The van der Waals surface area contributed by atoms with E-state index in [1.807, 2.05) is 76.5 Å². The van der Waals surface area contributed by atoms with Crippen molar-refractivity contribution in [2.75, 3.05) is 33.3 Å². The second-order valence-corrected chi connectivity index (χ2v) is 10.4. The van der Waals surface area contributed by atoms with Crippen LogP contribution in [0.5, 0.6) is 0 Å². The van der Waals surface area contributed by atoms with Gasteiger partial charge in [0.25, 0.3) is 0 Å². The molecule has 0 saturated carbocycles. The van der Waals surface area contributed by atoms with E-state index in [1.165, 1.54) is 7.11 Å². The predicted molar refractivity (Wildman–Crippen MR) is 147 cm³/mol. The lowest BCUT2D eigenvalue weighted by Crippen LogP contribution is -2.53. The van der Waals surface area contributed by atoms with Gasteiger partial charge in [0.1, 0.15) is 6.61 Å². The first-order chi connectivity index (χ1) is 18.8. The van der Waals surface area contributed by atoms with Gasteiger partial charge < -0.3 is 24.2 Å². The third kappa shape index (κ3) is 5.32. The van der Waals surface area contributed by atoms with Crippen molar-refractivity contribution in [2.45, 2.75) is 32.0 Å². The van der Waals surface area contributed by atoms with E-state index in [4.69, 9.17) is 9.47 Å². The third-order valence-corrected chi connectivity index (χ3v) is 7.72. The summed E-state index contributed by atoms with van der Waals surface area (Å²) in [5.74, 6) is -0.363. The Hall–Kier alpha value is -4.33. The zero-order valence-electron chi connectivity index (χ0n) is 22.5. The molecular formula is C31H33N3O5. The van der Waals surface area contributed by atoms with Gasteiger partial charge >= 0.3 is 18.1 Å². The van der Waals surface area contributed by atoms with Crippen LogP contribution >= 0.6 is 0 Å². The molecular weight excluding hydrogens is 494 g/mol. The maximum absolute atomic E-state index is 13.4. The summed E-state index contributed by atoms with van der Waals surface area (Å²) < 4.78 is 10.3. The number of carbonyl (C=O) groups excluding carboxylic acids is 3. The van der Waals surface area contributed by atoms with Crippen molar-refractivity contribution < 1.29 is 23.9 Å². The molecule has 8 heteroatoms. The summed E-state index contributed by atoms with van der Waals surface area (Å²) in [5.41, 5.74) is 3.93. The highest BCUT2D eigenvalue weighted by molar-refractivity contribution is 5.90. The summed E-state index contributed by atoms with van der Waals surface area (Å²) in [7, 11) is 1.37. The summed E-state index contributed by atoms with van der Waals surface area (Å²) in [6.07, 6.45) is -0.348. The second kappa shape index (κ2) is 10.8. The van der Waals surface area contributed by atoms with Crippen LogP contribution in [0.15, 0.2) is 78.9 Å². The Bertz CT molecular complexity index is 1340. The molecule has 2 fully saturated rings. The fourth-order valence-corrected chi connectivity index (χ4v) is 5.29. The number of benzene rings is 3. The third-order valence-electron chi connectivity index (χ3n) is 7.72. The Labute approximate surface area is 228 Å². The number of esters is 1. The van der Waals surface area contributed by atoms with Crippen LogP contribution in [0, 0.1) is 0 Å². The van der Waals surface area contributed by atoms with Crippen LogP contribution < -0.4 is 0 Å². The Morgan fingerprint density at radius 3 is 2.15 bits per heavy atom. The van der Waals surface area contributed by atoms with Gasteiger partial charge in [-0.1, -0.05) is 66.7 Å². The number of amides is 3. The molecule has 8 nitrogen and oxygen atoms in total. The van der Waals surface area contributed by atoms with Gasteiger partial charge in [-0.05, 0) is 48.2 Å². The first kappa shape index (κ1) is 26.3. The molecule has 0 aliphatic carbocycles. The van der Waals surface area contributed by atoms with Crippen LogP contribution in [0.3, 0.4) is 0 Å². The van der Waals surface area contributed by atoms with E-state index in [0.717, 1.165) is 22.3 Å². The molecule has 2 aliphatic rings. The lowest BCUT2D eigenvalue weighted by atomic mass is 9.90. The van der Waals surface area contributed by atoms with Crippen molar-refractivity contribution >= 4 is 18.1 Å². The van der Waals surface area contributed by atoms with Crippen LogP contribution in [0.2, 0.25) is 0 Å². The maximum Gasteiger partial charge on any atom is 0.410 e. The van der Waals surface area contributed by atoms with Crippen LogP contribution in [0.4, 0.5) is 9.59 Å². The van der Waals surface area contributed by atoms with Crippen LogP contribution in [-0.4, -0.2) is 72.1 Å². The molecule has 0 unspecified atom stereocenters. The number of fused-ring (bicyclic) bond motifs is 1. The van der Waals surface area contributed by atoms with Gasteiger partial charge in [0, 0.05) is 26.2 Å². The number of urea groups is 1. The molecule has 0 bridgehead atoms. The van der Waals surface area contributed by atoms with E-state index < -0.39 is 5.54 Å². The maximum atomic E-state index is 13.4. The highest BCUT2D eigenvalue weighted by atomic mass is 16.6. The average Bonchev–Trinajstić information content (AvgIpc) is 3.32. The number of rotatable bonds is 6. The second-order valence-electron chi connectivity index (χ2n) is 10.4. The summed E-state index contributed by atoms with van der Waals surface area (Å²) in [4.78, 5) is 43.3. The van der Waals surface area contributed by atoms with E-state index in [9.17, 15) is 14.4 Å². The molecule has 3 aromatic rings. The molecule has 0 N–H and O–H groups in total. The van der Waals surface area contributed by atoms with Gasteiger partial charge in [-0.25, -0.2) is 14.4 Å². The van der Waals surface area contributed by atoms with E-state index in [1.54, 1.807) is 17.0 Å². The minimum atomic E-state index is -0.541. The Kier molecular flexibility index (Phi) is 7.28. The lowest BCUT2D eigenvalue weighted by Gasteiger charge is -2.36. The fraction of sp³-hybridized carbons (Fsp3) is 0.323. The van der Waals surface area contributed by atoms with Crippen molar-refractivity contribution in [1.29, 1.82) is 0 Å². The normalized spacial score (nSPS) is 17.2. The highest BCUT2D eigenvalue weighted by Crippen LogP contribution is 2.35. The van der Waals surface area contributed by atoms with E-state index in [-0.39, 0.29) is 30.7 Å². The zero-order chi connectivity index (χ0) is 27.6. The molecule has 202 valence electrons. The molecule has 0 spiro atoms. The van der Waals surface area contributed by atoms with Gasteiger partial charge in [0.15, 0.2) is 0 Å². The van der Waals surface area contributed by atoms with Crippen LogP contribution in [0.1, 0.15) is 35.3 Å². The van der Waals surface area contributed by atoms with E-state index >= 15 is 0 Å². The quantitative estimate of drug-likeness (QED) is 0.415. The first-order valence-electron chi connectivity index (χ1n) is 13.1. The lowest BCUT2D eigenvalue weighted by molar-refractivity contribution is 0.0600. The van der Waals surface area contributed by atoms with Crippen molar-refractivity contribution in [1.82, 2.24) is 14.7 Å². The number of hydrogen-bond acceptors (Lipinski definition) is 5. The van der Waals surface area contributed by atoms with Gasteiger partial charge in [-0.2, -0.15) is 0 Å². The number of methoxy groups -OCH3 is 1. The van der Waals surface area contributed by atoms with E-state index in [2.05, 4.69) is 13.8 Å². The highest BCUT2D eigenvalue weighted by Gasteiger charge is 2.47. The molecule has 39 heavy (non-hydrogen) atoms. The van der Waals surface area contributed by atoms with Crippen molar-refractivity contribution in [2.24, 2.45) is 0 Å². The summed E-state index contributed by atoms with van der Waals surface area (Å²) in [6.45, 7) is 6.25. The van der Waals surface area contributed by atoms with Gasteiger partial charge in [-0.3, -0.25) is 0 Å². The molecule has 2 saturated heterocycles. The molecule has 0 radical (unpaired) electrons. The minimum Gasteiger partial charge on any atom is -0.465 e. The zero-order valence-corrected chi connectivity index (χ0v) is 22.5. The van der Waals surface area contributed by atoms with E-state index in [0.29, 0.717) is 31.7 Å². The van der Waals surface area contributed by atoms with Crippen LogP contribution in [-0.2, 0) is 21.6 Å². The molecule has 5 rings (SSSR count). The average molecular weight is 528 g/mol. The molecule has 0 aromatic heterocycles. The molecule has 3 aromatic carbocycles. The molecule has 3 amide bonds. The van der Waals surface area contributed by atoms with Gasteiger partial charge in [0.2, 0.25) is 0 Å². The van der Waals surface area contributed by atoms with Gasteiger partial charge in [0.05, 0.1) is 24.3 Å². The minimum absolute atomic E-state index is 0.00946. The predicted octanol–water partition coefficient (Wildman–Crippen LogP) is 5.13. The fourth-order valence-electron chi connectivity index (χ4n) is 5.29. The Balaban J connectivity index is 1.23. The number of ether oxygens (including phenoxy) is 2. The largest absolute Gasteiger partial charge is 0.465 e. The smallest absolute Gasteiger partial charge is 0.410 e. The molecule has 2 aliphatic heterocycles. The number of hydrogen-bond donors (Lipinski definition) is 0. The SMILES string of the molecule is COC(=O)c1ccc(-c2ccc(C(C)(C)N3C[C@@H]4CN(C(=O)OCc5ccccc5)CCN4C3=O)cc2)cc1. The molecule has 1 atom stereocenters. The number of carbonyl (C=O) groups is 3. The van der Waals surface area contributed by atoms with Crippen molar-refractivity contribution in [3.8, 4) is 11.1 Å². The monoisotopic (exact) mass is 527 g/mol. The summed E-state index contributed by atoms with van der Waals surface area (Å²) in [5, 5.41) is 0. The Morgan fingerprint density at radius 1 is 0.872 bits per heavy atom. The van der Waals surface area contributed by atoms with Crippen molar-refractivity contribution in [3.63, 3.8) is 0 Å². The number of piperazine rings is 1. The first-order valence-corrected chi connectivity index (χ1v) is 13.1.